The van der Waals surface area contributed by atoms with E-state index in [1.54, 1.807) is 30.3 Å². The molecule has 146 valence electrons. The van der Waals surface area contributed by atoms with Crippen LogP contribution in [-0.2, 0) is 22.4 Å². The number of rotatable bonds is 8. The SMILES string of the molecule is C=CCOc1ccc(/C=N\NC(=O)C(=O)Nc2c(CC)cccc2CC)cc1. The molecule has 0 aromatic heterocycles. The number of carbonyl (C=O) groups is 2. The van der Waals surface area contributed by atoms with Crippen LogP contribution in [0.4, 0.5) is 5.69 Å². The van der Waals surface area contributed by atoms with Gasteiger partial charge in [-0.2, -0.15) is 5.10 Å². The number of para-hydroxylation sites is 1. The van der Waals surface area contributed by atoms with E-state index >= 15 is 0 Å². The first kappa shape index (κ1) is 20.9. The van der Waals surface area contributed by atoms with E-state index in [2.05, 4.69) is 22.4 Å². The van der Waals surface area contributed by atoms with E-state index in [1.165, 1.54) is 6.21 Å². The Kier molecular flexibility index (Phi) is 7.96. The zero-order chi connectivity index (χ0) is 20.4. The van der Waals surface area contributed by atoms with Crippen molar-refractivity contribution in [3.8, 4) is 5.75 Å². The largest absolute Gasteiger partial charge is 0.490 e. The number of nitrogens with zero attached hydrogens (tertiary/aromatic N) is 1. The Balaban J connectivity index is 1.95. The summed E-state index contributed by atoms with van der Waals surface area (Å²) in [7, 11) is 0. The molecule has 0 saturated heterocycles. The van der Waals surface area contributed by atoms with Crippen molar-refractivity contribution < 1.29 is 14.3 Å². The highest BCUT2D eigenvalue weighted by Gasteiger charge is 2.16. The topological polar surface area (TPSA) is 79.8 Å². The van der Waals surface area contributed by atoms with Gasteiger partial charge in [0.05, 0.1) is 6.21 Å². The third-order valence-electron chi connectivity index (χ3n) is 4.07. The third-order valence-corrected chi connectivity index (χ3v) is 4.07. The Bertz CT molecular complexity index is 836. The van der Waals surface area contributed by atoms with Crippen molar-refractivity contribution in [2.45, 2.75) is 26.7 Å². The quantitative estimate of drug-likeness (QED) is 0.319. The molecular formula is C22H25N3O3. The van der Waals surface area contributed by atoms with Gasteiger partial charge in [-0.05, 0) is 53.8 Å². The molecule has 6 heteroatoms. The summed E-state index contributed by atoms with van der Waals surface area (Å²) in [6, 6.07) is 13.0. The minimum absolute atomic E-state index is 0.430. The van der Waals surface area contributed by atoms with Crippen LogP contribution in [0.15, 0.2) is 60.2 Å². The van der Waals surface area contributed by atoms with Gasteiger partial charge in [0.15, 0.2) is 0 Å². The maximum atomic E-state index is 12.2. The van der Waals surface area contributed by atoms with Gasteiger partial charge in [-0.3, -0.25) is 9.59 Å². The second-order valence-corrected chi connectivity index (χ2v) is 5.98. The highest BCUT2D eigenvalue weighted by Crippen LogP contribution is 2.22. The number of hydrogen-bond donors (Lipinski definition) is 2. The molecule has 0 atom stereocenters. The van der Waals surface area contributed by atoms with Gasteiger partial charge in [-0.25, -0.2) is 5.43 Å². The van der Waals surface area contributed by atoms with Crippen LogP contribution in [0, 0.1) is 0 Å². The van der Waals surface area contributed by atoms with Gasteiger partial charge < -0.3 is 10.1 Å². The van der Waals surface area contributed by atoms with E-state index in [0.29, 0.717) is 18.0 Å². The average Bonchev–Trinajstić information content (AvgIpc) is 2.73. The number of hydrazone groups is 1. The predicted molar refractivity (Wildman–Crippen MR) is 112 cm³/mol. The van der Waals surface area contributed by atoms with Crippen molar-refractivity contribution in [1.82, 2.24) is 5.43 Å². The van der Waals surface area contributed by atoms with Crippen LogP contribution in [0.3, 0.4) is 0 Å². The molecule has 2 amide bonds. The van der Waals surface area contributed by atoms with E-state index in [-0.39, 0.29) is 0 Å². The van der Waals surface area contributed by atoms with E-state index in [4.69, 9.17) is 4.74 Å². The molecule has 0 aliphatic rings. The van der Waals surface area contributed by atoms with E-state index in [9.17, 15) is 9.59 Å². The van der Waals surface area contributed by atoms with Crippen molar-refractivity contribution in [3.05, 3.63) is 71.8 Å². The zero-order valence-electron chi connectivity index (χ0n) is 16.2. The molecule has 28 heavy (non-hydrogen) atoms. The number of ether oxygens (including phenoxy) is 1. The van der Waals surface area contributed by atoms with Gasteiger partial charge in [0.25, 0.3) is 0 Å². The first-order valence-corrected chi connectivity index (χ1v) is 9.17. The van der Waals surface area contributed by atoms with Gasteiger partial charge in [0.1, 0.15) is 12.4 Å². The summed E-state index contributed by atoms with van der Waals surface area (Å²) >= 11 is 0. The van der Waals surface area contributed by atoms with Crippen molar-refractivity contribution >= 4 is 23.7 Å². The first-order valence-electron chi connectivity index (χ1n) is 9.17. The Hall–Kier alpha value is -3.41. The summed E-state index contributed by atoms with van der Waals surface area (Å²) in [6.07, 6.45) is 4.64. The fourth-order valence-electron chi connectivity index (χ4n) is 2.59. The molecule has 6 nitrogen and oxygen atoms in total. The van der Waals surface area contributed by atoms with Crippen molar-refractivity contribution in [3.63, 3.8) is 0 Å². The summed E-state index contributed by atoms with van der Waals surface area (Å²) in [5.41, 5.74) is 5.69. The fraction of sp³-hybridized carbons (Fsp3) is 0.227. The predicted octanol–water partition coefficient (Wildman–Crippen LogP) is 3.47. The summed E-state index contributed by atoms with van der Waals surface area (Å²) in [5.74, 6) is -0.863. The number of aryl methyl sites for hydroxylation is 2. The molecule has 0 fully saturated rings. The van der Waals surface area contributed by atoms with E-state index in [1.807, 2.05) is 32.0 Å². The lowest BCUT2D eigenvalue weighted by molar-refractivity contribution is -0.136. The lowest BCUT2D eigenvalue weighted by Crippen LogP contribution is -2.33. The van der Waals surface area contributed by atoms with Crippen LogP contribution in [0.5, 0.6) is 5.75 Å². The molecule has 0 aliphatic carbocycles. The fourth-order valence-corrected chi connectivity index (χ4v) is 2.59. The molecule has 0 saturated carbocycles. The van der Waals surface area contributed by atoms with Crippen molar-refractivity contribution in [2.75, 3.05) is 11.9 Å². The first-order chi connectivity index (χ1) is 13.6. The lowest BCUT2D eigenvalue weighted by Gasteiger charge is -2.13. The van der Waals surface area contributed by atoms with Gasteiger partial charge >= 0.3 is 11.8 Å². The van der Waals surface area contributed by atoms with Crippen LogP contribution < -0.4 is 15.5 Å². The second-order valence-electron chi connectivity index (χ2n) is 5.98. The van der Waals surface area contributed by atoms with Gasteiger partial charge in [0.2, 0.25) is 0 Å². The molecule has 0 aliphatic heterocycles. The lowest BCUT2D eigenvalue weighted by atomic mass is 10.0. The highest BCUT2D eigenvalue weighted by molar-refractivity contribution is 6.39. The molecule has 2 N–H and O–H groups in total. The molecule has 2 aromatic carbocycles. The minimum atomic E-state index is -0.824. The summed E-state index contributed by atoms with van der Waals surface area (Å²) < 4.78 is 5.39. The number of amides is 2. The van der Waals surface area contributed by atoms with E-state index in [0.717, 1.165) is 29.5 Å². The maximum absolute atomic E-state index is 12.2. The molecule has 0 bridgehead atoms. The summed E-state index contributed by atoms with van der Waals surface area (Å²) in [5, 5.41) is 6.55. The number of benzene rings is 2. The van der Waals surface area contributed by atoms with Gasteiger partial charge in [0, 0.05) is 5.69 Å². The normalized spacial score (nSPS) is 10.5. The molecule has 2 rings (SSSR count). The molecule has 0 unspecified atom stereocenters. The van der Waals surface area contributed by atoms with E-state index < -0.39 is 11.8 Å². The monoisotopic (exact) mass is 379 g/mol. The molecule has 2 aromatic rings. The van der Waals surface area contributed by atoms with Crippen LogP contribution in [0.1, 0.15) is 30.5 Å². The summed E-state index contributed by atoms with van der Waals surface area (Å²) in [6.45, 7) is 8.03. The van der Waals surface area contributed by atoms with Crippen molar-refractivity contribution in [2.24, 2.45) is 5.10 Å². The van der Waals surface area contributed by atoms with Crippen molar-refractivity contribution in [1.29, 1.82) is 0 Å². The number of carbonyl (C=O) groups excluding carboxylic acids is 2. The van der Waals surface area contributed by atoms with Gasteiger partial charge in [-0.15, -0.1) is 0 Å². The smallest absolute Gasteiger partial charge is 0.329 e. The minimum Gasteiger partial charge on any atom is -0.490 e. The highest BCUT2D eigenvalue weighted by atomic mass is 16.5. The number of hydrogen-bond acceptors (Lipinski definition) is 4. The Labute approximate surface area is 165 Å². The molecule has 0 radical (unpaired) electrons. The molecular weight excluding hydrogens is 354 g/mol. The van der Waals surface area contributed by atoms with Crippen LogP contribution in [-0.4, -0.2) is 24.6 Å². The van der Waals surface area contributed by atoms with Crippen LogP contribution in [0.25, 0.3) is 0 Å². The maximum Gasteiger partial charge on any atom is 0.329 e. The number of nitrogens with one attached hydrogen (secondary N) is 2. The van der Waals surface area contributed by atoms with Crippen LogP contribution in [0.2, 0.25) is 0 Å². The Morgan fingerprint density at radius 1 is 1.04 bits per heavy atom. The third kappa shape index (κ3) is 5.81. The second kappa shape index (κ2) is 10.7. The van der Waals surface area contributed by atoms with Crippen LogP contribution >= 0.6 is 0 Å². The summed E-state index contributed by atoms with van der Waals surface area (Å²) in [4.78, 5) is 24.3. The zero-order valence-corrected chi connectivity index (χ0v) is 16.2. The standard InChI is InChI=1S/C22H25N3O3/c1-4-14-28-19-12-10-16(11-13-19)15-23-25-22(27)21(26)24-20-17(5-2)8-7-9-18(20)6-3/h4,7-13,15H,1,5-6,14H2,2-3H3,(H,24,26)(H,25,27)/b23-15-. The molecule has 0 spiro atoms. The Morgan fingerprint density at radius 2 is 1.68 bits per heavy atom. The Morgan fingerprint density at radius 3 is 2.25 bits per heavy atom. The average molecular weight is 379 g/mol. The van der Waals surface area contributed by atoms with Gasteiger partial charge in [-0.1, -0.05) is 44.7 Å². The molecule has 0 heterocycles. The number of anilines is 1.